The molecule has 0 saturated carbocycles. The summed E-state index contributed by atoms with van der Waals surface area (Å²) in [6.07, 6.45) is -2.62. The number of benzene rings is 1. The topological polar surface area (TPSA) is 81.5 Å². The number of nitro benzene ring substituents is 1. The summed E-state index contributed by atoms with van der Waals surface area (Å²) in [5, 5.41) is 12.9. The van der Waals surface area contributed by atoms with Crippen LogP contribution < -0.4 is 5.32 Å². The number of hydrogen-bond acceptors (Lipinski definition) is 4. The van der Waals surface area contributed by atoms with Crippen LogP contribution in [0.4, 0.5) is 18.9 Å². The first-order valence-corrected chi connectivity index (χ1v) is 5.50. The van der Waals surface area contributed by atoms with E-state index in [9.17, 15) is 28.1 Å². The van der Waals surface area contributed by atoms with Gasteiger partial charge in [0, 0.05) is 12.6 Å². The number of amides is 1. The van der Waals surface area contributed by atoms with Gasteiger partial charge in [-0.3, -0.25) is 14.9 Å². The third-order valence-corrected chi connectivity index (χ3v) is 2.18. The molecule has 1 aromatic rings. The van der Waals surface area contributed by atoms with Gasteiger partial charge in [-0.05, 0) is 12.1 Å². The Labute approximate surface area is 111 Å². The standard InChI is InChI=1S/C11H11F3N2O4/c12-7-1-2-9(16(18)19)8(5-7)11(17)15-3-4-20-6-10(13)14/h1-2,5,10H,3-4,6H2,(H,15,17). The van der Waals surface area contributed by atoms with Crippen LogP contribution in [0.3, 0.4) is 0 Å². The zero-order valence-electron chi connectivity index (χ0n) is 10.1. The molecular formula is C11H11F3N2O4. The van der Waals surface area contributed by atoms with Gasteiger partial charge >= 0.3 is 0 Å². The fourth-order valence-corrected chi connectivity index (χ4v) is 1.35. The molecule has 1 amide bonds. The van der Waals surface area contributed by atoms with Crippen LogP contribution in [0, 0.1) is 15.9 Å². The first-order valence-electron chi connectivity index (χ1n) is 5.50. The third-order valence-electron chi connectivity index (χ3n) is 2.18. The molecule has 0 aliphatic rings. The average Bonchev–Trinajstić information content (AvgIpc) is 2.37. The minimum Gasteiger partial charge on any atom is -0.374 e. The summed E-state index contributed by atoms with van der Waals surface area (Å²) in [6, 6.07) is 2.46. The van der Waals surface area contributed by atoms with Crippen LogP contribution in [-0.2, 0) is 4.74 Å². The summed E-state index contributed by atoms with van der Waals surface area (Å²) < 4.78 is 41.0. The highest BCUT2D eigenvalue weighted by molar-refractivity contribution is 5.98. The van der Waals surface area contributed by atoms with Crippen LogP contribution in [0.1, 0.15) is 10.4 Å². The van der Waals surface area contributed by atoms with Crippen molar-refractivity contribution < 1.29 is 27.6 Å². The number of carbonyl (C=O) groups is 1. The second-order valence-corrected chi connectivity index (χ2v) is 3.64. The normalized spacial score (nSPS) is 10.6. The molecule has 0 aliphatic carbocycles. The molecule has 1 N–H and O–H groups in total. The van der Waals surface area contributed by atoms with Crippen molar-refractivity contribution in [2.75, 3.05) is 19.8 Å². The Kier molecular flexibility index (Phi) is 5.91. The molecule has 20 heavy (non-hydrogen) atoms. The van der Waals surface area contributed by atoms with E-state index in [1.165, 1.54) is 0 Å². The molecule has 0 atom stereocenters. The van der Waals surface area contributed by atoms with E-state index >= 15 is 0 Å². The van der Waals surface area contributed by atoms with E-state index in [4.69, 9.17) is 0 Å². The monoisotopic (exact) mass is 292 g/mol. The lowest BCUT2D eigenvalue weighted by atomic mass is 10.1. The summed E-state index contributed by atoms with van der Waals surface area (Å²) in [6.45, 7) is -1.08. The first-order chi connectivity index (χ1) is 9.41. The molecule has 0 unspecified atom stereocenters. The van der Waals surface area contributed by atoms with E-state index in [0.717, 1.165) is 18.2 Å². The van der Waals surface area contributed by atoms with Gasteiger partial charge in [-0.25, -0.2) is 13.2 Å². The Hall–Kier alpha value is -2.16. The molecule has 0 bridgehead atoms. The molecule has 1 rings (SSSR count). The van der Waals surface area contributed by atoms with Gasteiger partial charge in [0.15, 0.2) is 0 Å². The fraction of sp³-hybridized carbons (Fsp3) is 0.364. The largest absolute Gasteiger partial charge is 0.374 e. The molecule has 1 aromatic carbocycles. The average molecular weight is 292 g/mol. The molecule has 6 nitrogen and oxygen atoms in total. The van der Waals surface area contributed by atoms with Crippen molar-refractivity contribution in [2.45, 2.75) is 6.43 Å². The summed E-state index contributed by atoms with van der Waals surface area (Å²) in [4.78, 5) is 21.5. The fourth-order valence-electron chi connectivity index (χ4n) is 1.35. The number of hydrogen-bond donors (Lipinski definition) is 1. The van der Waals surface area contributed by atoms with E-state index in [2.05, 4.69) is 10.1 Å². The second-order valence-electron chi connectivity index (χ2n) is 3.64. The highest BCUT2D eigenvalue weighted by Crippen LogP contribution is 2.19. The molecule has 0 heterocycles. The Morgan fingerprint density at radius 2 is 2.15 bits per heavy atom. The number of nitro groups is 1. The van der Waals surface area contributed by atoms with E-state index in [1.807, 2.05) is 0 Å². The van der Waals surface area contributed by atoms with E-state index < -0.39 is 40.9 Å². The Bertz CT molecular complexity index is 497. The molecule has 9 heteroatoms. The predicted octanol–water partition coefficient (Wildman–Crippen LogP) is 1.75. The van der Waals surface area contributed by atoms with Crippen molar-refractivity contribution in [3.63, 3.8) is 0 Å². The number of ether oxygens (including phenoxy) is 1. The van der Waals surface area contributed by atoms with Crippen molar-refractivity contribution in [2.24, 2.45) is 0 Å². The lowest BCUT2D eigenvalue weighted by Crippen LogP contribution is -2.28. The van der Waals surface area contributed by atoms with Crippen molar-refractivity contribution in [3.8, 4) is 0 Å². The molecule has 0 fully saturated rings. The van der Waals surface area contributed by atoms with Gasteiger partial charge in [-0.2, -0.15) is 0 Å². The molecule has 0 radical (unpaired) electrons. The number of rotatable bonds is 7. The number of carbonyl (C=O) groups excluding carboxylic acids is 1. The lowest BCUT2D eigenvalue weighted by Gasteiger charge is -2.06. The predicted molar refractivity (Wildman–Crippen MR) is 62.2 cm³/mol. The van der Waals surface area contributed by atoms with Crippen LogP contribution in [0.25, 0.3) is 0 Å². The smallest absolute Gasteiger partial charge is 0.282 e. The maximum absolute atomic E-state index is 13.0. The number of alkyl halides is 2. The van der Waals surface area contributed by atoms with Gasteiger partial charge in [0.25, 0.3) is 18.0 Å². The number of nitrogens with zero attached hydrogens (tertiary/aromatic N) is 1. The first kappa shape index (κ1) is 15.9. The maximum atomic E-state index is 13.0. The number of halogens is 3. The van der Waals surface area contributed by atoms with Crippen molar-refractivity contribution in [1.82, 2.24) is 5.32 Å². The van der Waals surface area contributed by atoms with Crippen molar-refractivity contribution >= 4 is 11.6 Å². The van der Waals surface area contributed by atoms with Crippen LogP contribution in [0.2, 0.25) is 0 Å². The zero-order chi connectivity index (χ0) is 15.1. The van der Waals surface area contributed by atoms with Gasteiger partial charge in [0.05, 0.1) is 11.5 Å². The minimum absolute atomic E-state index is 0.126. The van der Waals surface area contributed by atoms with Crippen LogP contribution >= 0.6 is 0 Å². The van der Waals surface area contributed by atoms with Gasteiger partial charge in [-0.15, -0.1) is 0 Å². The molecule has 0 aromatic heterocycles. The highest BCUT2D eigenvalue weighted by atomic mass is 19.3. The van der Waals surface area contributed by atoms with Gasteiger partial charge in [0.2, 0.25) is 0 Å². The molecule has 0 aliphatic heterocycles. The highest BCUT2D eigenvalue weighted by Gasteiger charge is 2.20. The van der Waals surface area contributed by atoms with E-state index in [1.54, 1.807) is 0 Å². The van der Waals surface area contributed by atoms with E-state index in [-0.39, 0.29) is 13.2 Å². The lowest BCUT2D eigenvalue weighted by molar-refractivity contribution is -0.385. The van der Waals surface area contributed by atoms with Gasteiger partial charge < -0.3 is 10.1 Å². The van der Waals surface area contributed by atoms with Gasteiger partial charge in [-0.1, -0.05) is 0 Å². The van der Waals surface area contributed by atoms with Gasteiger partial charge in [0.1, 0.15) is 18.0 Å². The van der Waals surface area contributed by atoms with Crippen LogP contribution in [0.15, 0.2) is 18.2 Å². The summed E-state index contributed by atoms with van der Waals surface area (Å²) in [5.41, 5.74) is -0.985. The Morgan fingerprint density at radius 1 is 1.45 bits per heavy atom. The van der Waals surface area contributed by atoms with Crippen LogP contribution in [0.5, 0.6) is 0 Å². The second kappa shape index (κ2) is 7.43. The zero-order valence-corrected chi connectivity index (χ0v) is 10.1. The minimum atomic E-state index is -2.62. The Balaban J connectivity index is 2.59. The maximum Gasteiger partial charge on any atom is 0.282 e. The quantitative estimate of drug-likeness (QED) is 0.471. The molecular weight excluding hydrogens is 281 g/mol. The summed E-state index contributed by atoms with van der Waals surface area (Å²) in [7, 11) is 0. The molecule has 0 saturated heterocycles. The summed E-state index contributed by atoms with van der Waals surface area (Å²) in [5.74, 6) is -1.67. The van der Waals surface area contributed by atoms with Crippen LogP contribution in [-0.4, -0.2) is 37.0 Å². The molecule has 0 spiro atoms. The van der Waals surface area contributed by atoms with E-state index in [0.29, 0.717) is 0 Å². The number of nitrogens with one attached hydrogen (secondary N) is 1. The molecule has 110 valence electrons. The SMILES string of the molecule is O=C(NCCOCC(F)F)c1cc(F)ccc1[N+](=O)[O-]. The van der Waals surface area contributed by atoms with Crippen molar-refractivity contribution in [1.29, 1.82) is 0 Å². The Morgan fingerprint density at radius 3 is 2.75 bits per heavy atom. The third kappa shape index (κ3) is 4.84. The van der Waals surface area contributed by atoms with Crippen molar-refractivity contribution in [3.05, 3.63) is 39.7 Å². The summed E-state index contributed by atoms with van der Waals surface area (Å²) >= 11 is 0.